The summed E-state index contributed by atoms with van der Waals surface area (Å²) in [5.41, 5.74) is 0.685. The normalized spacial score (nSPS) is 13.1. The van der Waals surface area contributed by atoms with Gasteiger partial charge < -0.3 is 9.47 Å². The van der Waals surface area contributed by atoms with Crippen molar-refractivity contribution in [2.75, 3.05) is 6.79 Å². The highest BCUT2D eigenvalue weighted by Gasteiger charge is 2.20. The highest BCUT2D eigenvalue weighted by atomic mass is 127. The van der Waals surface area contributed by atoms with Crippen LogP contribution in [-0.4, -0.2) is 12.6 Å². The van der Waals surface area contributed by atoms with Gasteiger partial charge >= 0.3 is 0 Å². The van der Waals surface area contributed by atoms with E-state index < -0.39 is 0 Å². The Balaban J connectivity index is 2.59. The molecule has 2 rings (SSSR count). The fourth-order valence-electron chi connectivity index (χ4n) is 1.21. The van der Waals surface area contributed by atoms with Gasteiger partial charge in [0.2, 0.25) is 6.79 Å². The number of hydrogen-bond donors (Lipinski definition) is 0. The summed E-state index contributed by atoms with van der Waals surface area (Å²) >= 11 is 2.10. The quantitative estimate of drug-likeness (QED) is 0.587. The highest BCUT2D eigenvalue weighted by molar-refractivity contribution is 14.1. The van der Waals surface area contributed by atoms with E-state index in [0.717, 1.165) is 9.32 Å². The van der Waals surface area contributed by atoms with Gasteiger partial charge in [0.25, 0.3) is 0 Å². The Morgan fingerprint density at radius 3 is 2.92 bits per heavy atom. The second kappa shape index (κ2) is 3.17. The second-order valence-electron chi connectivity index (χ2n) is 2.72. The van der Waals surface area contributed by atoms with Crippen molar-refractivity contribution in [3.63, 3.8) is 0 Å². The number of benzene rings is 1. The summed E-state index contributed by atoms with van der Waals surface area (Å²) in [6.45, 7) is 1.78. The van der Waals surface area contributed by atoms with Crippen LogP contribution < -0.4 is 9.47 Å². The van der Waals surface area contributed by atoms with Gasteiger partial charge in [-0.1, -0.05) is 0 Å². The summed E-state index contributed by atoms with van der Waals surface area (Å²) in [6, 6.07) is 3.53. The Kier molecular flexibility index (Phi) is 2.15. The molecule has 0 saturated heterocycles. The zero-order chi connectivity index (χ0) is 9.42. The molecular formula is C9H7IO3. The number of ketones is 1. The van der Waals surface area contributed by atoms with Crippen molar-refractivity contribution >= 4 is 28.4 Å². The Morgan fingerprint density at radius 1 is 1.46 bits per heavy atom. The molecule has 0 amide bonds. The van der Waals surface area contributed by atoms with Crippen molar-refractivity contribution in [2.45, 2.75) is 6.92 Å². The molecule has 1 aromatic rings. The van der Waals surface area contributed by atoms with E-state index in [-0.39, 0.29) is 12.6 Å². The molecule has 1 aliphatic heterocycles. The van der Waals surface area contributed by atoms with Gasteiger partial charge in [-0.15, -0.1) is 0 Å². The Labute approximate surface area is 89.2 Å². The lowest BCUT2D eigenvalue weighted by Crippen LogP contribution is -1.97. The Morgan fingerprint density at radius 2 is 2.23 bits per heavy atom. The summed E-state index contributed by atoms with van der Waals surface area (Å²) in [4.78, 5) is 11.2. The van der Waals surface area contributed by atoms with E-state index >= 15 is 0 Å². The average molecular weight is 290 g/mol. The van der Waals surface area contributed by atoms with Gasteiger partial charge in [-0.25, -0.2) is 0 Å². The van der Waals surface area contributed by atoms with Crippen LogP contribution in [0.5, 0.6) is 11.5 Å². The minimum absolute atomic E-state index is 0.0442. The molecule has 0 aromatic heterocycles. The molecule has 13 heavy (non-hydrogen) atoms. The first-order valence-corrected chi connectivity index (χ1v) is 4.87. The van der Waals surface area contributed by atoms with E-state index in [1.54, 1.807) is 19.1 Å². The lowest BCUT2D eigenvalue weighted by Gasteiger charge is -2.03. The summed E-state index contributed by atoms with van der Waals surface area (Å²) < 4.78 is 11.2. The van der Waals surface area contributed by atoms with Gasteiger partial charge in [0.05, 0.1) is 3.57 Å². The molecule has 68 valence electrons. The molecule has 0 N–H and O–H groups in total. The van der Waals surface area contributed by atoms with Crippen LogP contribution in [0, 0.1) is 3.57 Å². The van der Waals surface area contributed by atoms with E-state index in [2.05, 4.69) is 22.6 Å². The molecule has 0 atom stereocenters. The molecule has 1 aromatic carbocycles. The molecule has 4 heteroatoms. The summed E-state index contributed by atoms with van der Waals surface area (Å²) in [5, 5.41) is 0. The number of Topliss-reactive ketones (excluding diaryl/α,β-unsaturated/α-hetero) is 1. The maximum absolute atomic E-state index is 11.2. The van der Waals surface area contributed by atoms with E-state index in [1.807, 2.05) is 0 Å². The minimum atomic E-state index is 0.0442. The van der Waals surface area contributed by atoms with Crippen molar-refractivity contribution in [3.05, 3.63) is 21.3 Å². The van der Waals surface area contributed by atoms with Crippen LogP contribution in [0.2, 0.25) is 0 Å². The first-order valence-electron chi connectivity index (χ1n) is 3.79. The predicted octanol–water partition coefficient (Wildman–Crippen LogP) is 2.22. The Bertz CT molecular complexity index is 373. The molecule has 3 nitrogen and oxygen atoms in total. The maximum Gasteiger partial charge on any atom is 0.231 e. The smallest absolute Gasteiger partial charge is 0.231 e. The number of rotatable bonds is 1. The van der Waals surface area contributed by atoms with Crippen LogP contribution in [-0.2, 0) is 0 Å². The second-order valence-corrected chi connectivity index (χ2v) is 3.80. The monoisotopic (exact) mass is 290 g/mol. The molecule has 0 aliphatic carbocycles. The third-order valence-corrected chi connectivity index (χ3v) is 2.93. The number of carbonyl (C=O) groups is 1. The number of fused-ring (bicyclic) bond motifs is 1. The van der Waals surface area contributed by atoms with Crippen LogP contribution in [0.1, 0.15) is 17.3 Å². The molecule has 0 radical (unpaired) electrons. The molecular weight excluding hydrogens is 283 g/mol. The zero-order valence-electron chi connectivity index (χ0n) is 6.96. The van der Waals surface area contributed by atoms with Gasteiger partial charge in [-0.3, -0.25) is 4.79 Å². The zero-order valence-corrected chi connectivity index (χ0v) is 9.12. The van der Waals surface area contributed by atoms with Crippen LogP contribution in [0.3, 0.4) is 0 Å². The number of carbonyl (C=O) groups excluding carboxylic acids is 1. The molecule has 0 bridgehead atoms. The molecule has 1 aliphatic rings. The minimum Gasteiger partial charge on any atom is -0.454 e. The third kappa shape index (κ3) is 1.39. The third-order valence-electron chi connectivity index (χ3n) is 1.86. The van der Waals surface area contributed by atoms with E-state index in [0.29, 0.717) is 11.3 Å². The van der Waals surface area contributed by atoms with Crippen molar-refractivity contribution in [1.82, 2.24) is 0 Å². The van der Waals surface area contributed by atoms with Crippen molar-refractivity contribution < 1.29 is 14.3 Å². The van der Waals surface area contributed by atoms with Crippen molar-refractivity contribution in [2.24, 2.45) is 0 Å². The number of ether oxygens (including phenoxy) is 2. The Hall–Kier alpha value is -0.780. The molecule has 0 spiro atoms. The lowest BCUT2D eigenvalue weighted by molar-refractivity contribution is 0.101. The van der Waals surface area contributed by atoms with Gasteiger partial charge in [0.1, 0.15) is 0 Å². The summed E-state index contributed by atoms with van der Waals surface area (Å²) in [5.74, 6) is 1.45. The van der Waals surface area contributed by atoms with Crippen LogP contribution in [0.15, 0.2) is 12.1 Å². The highest BCUT2D eigenvalue weighted by Crippen LogP contribution is 2.38. The average Bonchev–Trinajstić information content (AvgIpc) is 2.52. The number of halogens is 1. The van der Waals surface area contributed by atoms with Gasteiger partial charge in [0, 0.05) is 5.56 Å². The predicted molar refractivity (Wildman–Crippen MR) is 55.3 cm³/mol. The van der Waals surface area contributed by atoms with Crippen LogP contribution in [0.25, 0.3) is 0 Å². The van der Waals surface area contributed by atoms with Crippen LogP contribution >= 0.6 is 22.6 Å². The van der Waals surface area contributed by atoms with E-state index in [9.17, 15) is 4.79 Å². The van der Waals surface area contributed by atoms with Crippen molar-refractivity contribution in [1.29, 1.82) is 0 Å². The molecule has 0 fully saturated rings. The number of hydrogen-bond acceptors (Lipinski definition) is 3. The molecule has 0 saturated carbocycles. The first kappa shape index (κ1) is 8.80. The maximum atomic E-state index is 11.2. The van der Waals surface area contributed by atoms with Gasteiger partial charge in [-0.05, 0) is 41.6 Å². The van der Waals surface area contributed by atoms with Crippen LogP contribution in [0.4, 0.5) is 0 Å². The molecule has 0 unspecified atom stereocenters. The summed E-state index contributed by atoms with van der Waals surface area (Å²) in [6.07, 6.45) is 0. The fourth-order valence-corrected chi connectivity index (χ4v) is 2.19. The van der Waals surface area contributed by atoms with Gasteiger partial charge in [0.15, 0.2) is 17.3 Å². The molecule has 1 heterocycles. The fraction of sp³-hybridized carbons (Fsp3) is 0.222. The van der Waals surface area contributed by atoms with Crippen molar-refractivity contribution in [3.8, 4) is 11.5 Å². The topological polar surface area (TPSA) is 35.5 Å². The summed E-state index contributed by atoms with van der Waals surface area (Å²) in [7, 11) is 0. The largest absolute Gasteiger partial charge is 0.454 e. The SMILES string of the molecule is CC(=O)c1ccc2c(c1I)OCO2. The lowest BCUT2D eigenvalue weighted by atomic mass is 10.1. The first-order chi connectivity index (χ1) is 6.20. The van der Waals surface area contributed by atoms with Gasteiger partial charge in [-0.2, -0.15) is 0 Å². The van der Waals surface area contributed by atoms with E-state index in [4.69, 9.17) is 9.47 Å². The van der Waals surface area contributed by atoms with E-state index in [1.165, 1.54) is 0 Å². The standard InChI is InChI=1S/C9H7IO3/c1-5(11)6-2-3-7-9(8(6)10)13-4-12-7/h2-3H,4H2,1H3.